The number of rotatable bonds is 3. The maximum absolute atomic E-state index is 13.6. The van der Waals surface area contributed by atoms with E-state index in [-0.39, 0.29) is 11.6 Å². The van der Waals surface area contributed by atoms with Gasteiger partial charge < -0.3 is 10.1 Å². The van der Waals surface area contributed by atoms with Crippen molar-refractivity contribution >= 4 is 31.3 Å². The highest BCUT2D eigenvalue weighted by Crippen LogP contribution is 2.23. The molecule has 1 fully saturated rings. The maximum Gasteiger partial charge on any atom is 0.264 e. The lowest BCUT2D eigenvalue weighted by Gasteiger charge is -2.21. The molecule has 0 radical (unpaired) electrons. The molecule has 1 atom stereocenters. The smallest absolute Gasteiger partial charge is 0.264 e. The second-order valence-electron chi connectivity index (χ2n) is 4.43. The van der Waals surface area contributed by atoms with Crippen LogP contribution in [-0.4, -0.2) is 27.0 Å². The molecule has 110 valence electrons. The number of ether oxygens (including phenoxy) is 1. The molecule has 0 aromatic heterocycles. The van der Waals surface area contributed by atoms with Crippen LogP contribution in [0.1, 0.15) is 19.3 Å². The molecular weight excluding hydrogens is 309 g/mol. The molecule has 0 saturated carbocycles. The number of hydrogen-bond donors (Lipinski definition) is 1. The normalized spacial score (nSPS) is 19.6. The summed E-state index contributed by atoms with van der Waals surface area (Å²) in [5, 5.41) is 2.49. The monoisotopic (exact) mass is 321 g/mol. The molecule has 1 heterocycles. The van der Waals surface area contributed by atoms with Crippen molar-refractivity contribution in [1.29, 1.82) is 0 Å². The summed E-state index contributed by atoms with van der Waals surface area (Å²) in [4.78, 5) is 11.2. The largest absolute Gasteiger partial charge is 0.368 e. The average Bonchev–Trinajstić information content (AvgIpc) is 2.38. The molecule has 1 saturated heterocycles. The number of amides is 1. The summed E-state index contributed by atoms with van der Waals surface area (Å²) >= 11 is 0. The fourth-order valence-corrected chi connectivity index (χ4v) is 2.84. The van der Waals surface area contributed by atoms with E-state index < -0.39 is 25.9 Å². The van der Waals surface area contributed by atoms with Gasteiger partial charge in [0.15, 0.2) is 0 Å². The number of anilines is 1. The molecule has 20 heavy (non-hydrogen) atoms. The van der Waals surface area contributed by atoms with Crippen molar-refractivity contribution in [2.45, 2.75) is 30.3 Å². The third kappa shape index (κ3) is 3.68. The van der Waals surface area contributed by atoms with E-state index >= 15 is 0 Å². The number of carbonyl (C=O) groups is 1. The second kappa shape index (κ2) is 6.07. The number of carbonyl (C=O) groups excluding carboxylic acids is 1. The summed E-state index contributed by atoms with van der Waals surface area (Å²) in [5.41, 5.74) is 0.158. The Kier molecular flexibility index (Phi) is 4.62. The van der Waals surface area contributed by atoms with E-state index in [1.807, 2.05) is 0 Å². The predicted molar refractivity (Wildman–Crippen MR) is 71.7 cm³/mol. The Labute approximate surface area is 120 Å². The zero-order valence-corrected chi connectivity index (χ0v) is 12.0. The Hall–Kier alpha value is -1.18. The highest BCUT2D eigenvalue weighted by atomic mass is 35.7. The molecule has 8 heteroatoms. The summed E-state index contributed by atoms with van der Waals surface area (Å²) in [6, 6.07) is 3.20. The van der Waals surface area contributed by atoms with Gasteiger partial charge >= 0.3 is 0 Å². The van der Waals surface area contributed by atoms with E-state index in [4.69, 9.17) is 15.4 Å². The molecule has 1 unspecified atom stereocenters. The van der Waals surface area contributed by atoms with E-state index in [9.17, 15) is 17.6 Å². The Balaban J connectivity index is 2.10. The van der Waals surface area contributed by atoms with Crippen LogP contribution in [0.2, 0.25) is 0 Å². The van der Waals surface area contributed by atoms with Crippen LogP contribution in [0.15, 0.2) is 23.1 Å². The fourth-order valence-electron chi connectivity index (χ4n) is 1.95. The lowest BCUT2D eigenvalue weighted by molar-refractivity contribution is -0.129. The second-order valence-corrected chi connectivity index (χ2v) is 6.96. The number of hydrogen-bond acceptors (Lipinski definition) is 4. The first-order valence-electron chi connectivity index (χ1n) is 6.04. The highest BCUT2D eigenvalue weighted by molar-refractivity contribution is 8.13. The third-order valence-electron chi connectivity index (χ3n) is 2.93. The number of nitrogens with one attached hydrogen (secondary N) is 1. The summed E-state index contributed by atoms with van der Waals surface area (Å²) in [6.07, 6.45) is 1.88. The molecule has 1 aromatic rings. The third-order valence-corrected chi connectivity index (χ3v) is 4.29. The summed E-state index contributed by atoms with van der Waals surface area (Å²) in [7, 11) is 0.929. The standard InChI is InChI=1S/C12H13ClFNO4S/c13-20(17,18)11-5-4-8(7-9(11)14)15-12(16)10-3-1-2-6-19-10/h4-5,7,10H,1-3,6H2,(H,15,16). The van der Waals surface area contributed by atoms with Crippen molar-refractivity contribution in [1.82, 2.24) is 0 Å². The van der Waals surface area contributed by atoms with Crippen LogP contribution in [0.5, 0.6) is 0 Å². The van der Waals surface area contributed by atoms with Crippen LogP contribution >= 0.6 is 10.7 Å². The Bertz CT molecular complexity index is 614. The SMILES string of the molecule is O=C(Nc1ccc(S(=O)(=O)Cl)c(F)c1)C1CCCCO1. The molecule has 0 aliphatic carbocycles. The van der Waals surface area contributed by atoms with Crippen molar-refractivity contribution in [3.8, 4) is 0 Å². The molecule has 1 aromatic carbocycles. The molecule has 1 amide bonds. The maximum atomic E-state index is 13.6. The molecule has 0 bridgehead atoms. The van der Waals surface area contributed by atoms with Crippen molar-refractivity contribution in [2.75, 3.05) is 11.9 Å². The molecule has 1 aliphatic heterocycles. The lowest BCUT2D eigenvalue weighted by Crippen LogP contribution is -2.33. The van der Waals surface area contributed by atoms with E-state index in [0.717, 1.165) is 25.0 Å². The zero-order chi connectivity index (χ0) is 14.8. The minimum atomic E-state index is -4.14. The minimum absolute atomic E-state index is 0.158. The summed E-state index contributed by atoms with van der Waals surface area (Å²) < 4.78 is 41.0. The molecule has 1 N–H and O–H groups in total. The first-order chi connectivity index (χ1) is 9.38. The first-order valence-corrected chi connectivity index (χ1v) is 8.35. The predicted octanol–water partition coefficient (Wildman–Crippen LogP) is 2.26. The van der Waals surface area contributed by atoms with E-state index in [2.05, 4.69) is 5.32 Å². The summed E-state index contributed by atoms with van der Waals surface area (Å²) in [5.74, 6) is -1.38. The Morgan fingerprint density at radius 1 is 1.40 bits per heavy atom. The van der Waals surface area contributed by atoms with Gasteiger partial charge in [-0.2, -0.15) is 0 Å². The van der Waals surface area contributed by atoms with E-state index in [1.54, 1.807) is 0 Å². The Morgan fingerprint density at radius 2 is 2.15 bits per heavy atom. The van der Waals surface area contributed by atoms with Crippen molar-refractivity contribution in [3.63, 3.8) is 0 Å². The first kappa shape index (κ1) is 15.2. The number of halogens is 2. The van der Waals surface area contributed by atoms with Gasteiger partial charge in [-0.15, -0.1) is 0 Å². The topological polar surface area (TPSA) is 72.5 Å². The van der Waals surface area contributed by atoms with Gasteiger partial charge in [-0.25, -0.2) is 12.8 Å². The van der Waals surface area contributed by atoms with Crippen LogP contribution in [0, 0.1) is 5.82 Å². The quantitative estimate of drug-likeness (QED) is 0.867. The molecule has 2 rings (SSSR count). The van der Waals surface area contributed by atoms with Gasteiger partial charge in [0.1, 0.15) is 16.8 Å². The van der Waals surface area contributed by atoms with Crippen LogP contribution in [0.3, 0.4) is 0 Å². The fraction of sp³-hybridized carbons (Fsp3) is 0.417. The zero-order valence-electron chi connectivity index (χ0n) is 10.4. The van der Waals surface area contributed by atoms with Crippen LogP contribution in [0.4, 0.5) is 10.1 Å². The van der Waals surface area contributed by atoms with Gasteiger partial charge in [-0.1, -0.05) is 0 Å². The van der Waals surface area contributed by atoms with Crippen molar-refractivity contribution in [2.24, 2.45) is 0 Å². The lowest BCUT2D eigenvalue weighted by atomic mass is 10.1. The van der Waals surface area contributed by atoms with E-state index in [0.29, 0.717) is 13.0 Å². The van der Waals surface area contributed by atoms with Gasteiger partial charge in [0.2, 0.25) is 0 Å². The summed E-state index contributed by atoms with van der Waals surface area (Å²) in [6.45, 7) is 0.524. The minimum Gasteiger partial charge on any atom is -0.368 e. The van der Waals surface area contributed by atoms with Crippen LogP contribution in [-0.2, 0) is 18.6 Å². The van der Waals surface area contributed by atoms with Gasteiger partial charge in [0.05, 0.1) is 0 Å². The van der Waals surface area contributed by atoms with Crippen molar-refractivity contribution in [3.05, 3.63) is 24.0 Å². The van der Waals surface area contributed by atoms with Gasteiger partial charge in [0, 0.05) is 23.0 Å². The van der Waals surface area contributed by atoms with E-state index in [1.165, 1.54) is 6.07 Å². The van der Waals surface area contributed by atoms with Crippen LogP contribution in [0.25, 0.3) is 0 Å². The van der Waals surface area contributed by atoms with Crippen molar-refractivity contribution < 1.29 is 22.3 Å². The average molecular weight is 322 g/mol. The number of benzene rings is 1. The van der Waals surface area contributed by atoms with Crippen LogP contribution < -0.4 is 5.32 Å². The molecular formula is C12H13ClFNO4S. The Morgan fingerprint density at radius 3 is 2.70 bits per heavy atom. The van der Waals surface area contributed by atoms with Gasteiger partial charge in [0.25, 0.3) is 15.0 Å². The molecule has 1 aliphatic rings. The highest BCUT2D eigenvalue weighted by Gasteiger charge is 2.23. The molecule has 0 spiro atoms. The molecule has 5 nitrogen and oxygen atoms in total. The van der Waals surface area contributed by atoms with Gasteiger partial charge in [-0.05, 0) is 37.5 Å². The van der Waals surface area contributed by atoms with Gasteiger partial charge in [-0.3, -0.25) is 4.79 Å².